The van der Waals surface area contributed by atoms with Crippen LogP contribution >= 0.6 is 23.2 Å². The molecule has 1 rings (SSSR count). The lowest BCUT2D eigenvalue weighted by atomic mass is 10.2. The molecule has 0 unspecified atom stereocenters. The van der Waals surface area contributed by atoms with E-state index in [9.17, 15) is 13.2 Å². The van der Waals surface area contributed by atoms with Crippen LogP contribution in [0.15, 0.2) is 18.2 Å². The Morgan fingerprint density at radius 3 is 1.57 bits per heavy atom. The van der Waals surface area contributed by atoms with Crippen molar-refractivity contribution >= 4 is 23.2 Å². The first-order valence-electron chi connectivity index (χ1n) is 3.13. The summed E-state index contributed by atoms with van der Waals surface area (Å²) in [5, 5.41) is 12.0. The average molecular weight is 243 g/mol. The van der Waals surface area contributed by atoms with E-state index in [0.29, 0.717) is 0 Å². The molecule has 0 fully saturated rings. The second kappa shape index (κ2) is 5.03. The quantitative estimate of drug-likeness (QED) is 0.645. The minimum absolute atomic E-state index is 0.0187. The third-order valence-electron chi connectivity index (χ3n) is 1.19. The number of nitrogens with zero attached hydrogens (tertiary/aromatic N) is 2. The lowest BCUT2D eigenvalue weighted by Gasteiger charge is -2.06. The Hall–Kier alpha value is -0.990. The maximum Gasteiger partial charge on any atom is 0.416 e. The Labute approximate surface area is 87.7 Å². The lowest BCUT2D eigenvalue weighted by molar-refractivity contribution is -0.137. The molecule has 0 amide bonds. The molecule has 0 aliphatic rings. The predicted molar refractivity (Wildman–Crippen MR) is 44.9 cm³/mol. The third-order valence-corrected chi connectivity index (χ3v) is 1.63. The van der Waals surface area contributed by atoms with Crippen LogP contribution in [0.2, 0.25) is 10.0 Å². The van der Waals surface area contributed by atoms with Gasteiger partial charge < -0.3 is 0 Å². The van der Waals surface area contributed by atoms with Crippen molar-refractivity contribution in [3.05, 3.63) is 33.8 Å². The zero-order valence-electron chi connectivity index (χ0n) is 6.52. The minimum Gasteiger partial charge on any atom is -0.166 e. The Kier molecular flexibility index (Phi) is 4.68. The molecule has 0 bridgehead atoms. The van der Waals surface area contributed by atoms with E-state index in [1.54, 1.807) is 0 Å². The van der Waals surface area contributed by atoms with Crippen LogP contribution in [0, 0.1) is 10.8 Å². The van der Waals surface area contributed by atoms with Crippen LogP contribution in [0.25, 0.3) is 0 Å². The fraction of sp³-hybridized carbons (Fsp3) is 0.143. The molecule has 1 aromatic rings. The summed E-state index contributed by atoms with van der Waals surface area (Å²) in [7, 11) is 0. The van der Waals surface area contributed by atoms with Gasteiger partial charge in [-0.2, -0.15) is 13.2 Å². The first-order chi connectivity index (χ1) is 6.39. The van der Waals surface area contributed by atoms with E-state index >= 15 is 0 Å². The molecule has 0 aliphatic heterocycles. The van der Waals surface area contributed by atoms with Gasteiger partial charge in [-0.05, 0) is 18.2 Å². The maximum atomic E-state index is 12.0. The van der Waals surface area contributed by atoms with Crippen molar-refractivity contribution in [1.29, 1.82) is 10.8 Å². The highest BCUT2D eigenvalue weighted by Crippen LogP contribution is 2.32. The van der Waals surface area contributed by atoms with Crippen LogP contribution in [0.5, 0.6) is 0 Å². The minimum atomic E-state index is -4.39. The van der Waals surface area contributed by atoms with Gasteiger partial charge >= 0.3 is 6.18 Å². The fourth-order valence-corrected chi connectivity index (χ4v) is 1.24. The largest absolute Gasteiger partial charge is 0.416 e. The Balaban J connectivity index is 0.000000791. The van der Waals surface area contributed by atoms with E-state index in [4.69, 9.17) is 34.0 Å². The molecular weight excluding hydrogens is 240 g/mol. The first kappa shape index (κ1) is 13.0. The molecule has 76 valence electrons. The van der Waals surface area contributed by atoms with Gasteiger partial charge in [0.15, 0.2) is 0 Å². The van der Waals surface area contributed by atoms with E-state index in [2.05, 4.69) is 0 Å². The molecule has 14 heavy (non-hydrogen) atoms. The van der Waals surface area contributed by atoms with Gasteiger partial charge in [-0.1, -0.05) is 23.2 Å². The zero-order chi connectivity index (χ0) is 11.4. The fourth-order valence-electron chi connectivity index (χ4n) is 0.717. The summed E-state index contributed by atoms with van der Waals surface area (Å²) in [5.41, 5.74) is -0.833. The SMILES string of the molecule is FC(F)(F)c1cc(Cl)cc(Cl)c1.N#N. The van der Waals surface area contributed by atoms with E-state index in [0.717, 1.165) is 12.1 Å². The van der Waals surface area contributed by atoms with Gasteiger partial charge in [-0.15, -0.1) is 0 Å². The van der Waals surface area contributed by atoms with Gasteiger partial charge in [0, 0.05) is 20.8 Å². The monoisotopic (exact) mass is 242 g/mol. The van der Waals surface area contributed by atoms with Crippen LogP contribution < -0.4 is 0 Å². The molecule has 0 aliphatic carbocycles. The van der Waals surface area contributed by atoms with Crippen LogP contribution in [0.4, 0.5) is 13.2 Å². The van der Waals surface area contributed by atoms with Crippen LogP contribution in [0.1, 0.15) is 5.56 Å². The van der Waals surface area contributed by atoms with Gasteiger partial charge in [0.25, 0.3) is 0 Å². The molecular formula is C7H3Cl2F3N2. The van der Waals surface area contributed by atoms with Gasteiger partial charge in [0.05, 0.1) is 5.56 Å². The maximum absolute atomic E-state index is 12.0. The zero-order valence-corrected chi connectivity index (χ0v) is 8.03. The first-order valence-corrected chi connectivity index (χ1v) is 3.88. The molecule has 7 heteroatoms. The molecule has 0 N–H and O–H groups in total. The summed E-state index contributed by atoms with van der Waals surface area (Å²) in [6.45, 7) is 0. The van der Waals surface area contributed by atoms with Gasteiger partial charge in [-0.25, -0.2) is 0 Å². The summed E-state index contributed by atoms with van der Waals surface area (Å²) < 4.78 is 36.1. The van der Waals surface area contributed by atoms with E-state index in [-0.39, 0.29) is 10.0 Å². The summed E-state index contributed by atoms with van der Waals surface area (Å²) in [5.74, 6) is 0. The molecule has 0 radical (unpaired) electrons. The molecule has 0 spiro atoms. The molecule has 0 atom stereocenters. The Morgan fingerprint density at radius 1 is 0.929 bits per heavy atom. The van der Waals surface area contributed by atoms with E-state index < -0.39 is 11.7 Å². The van der Waals surface area contributed by atoms with Gasteiger partial charge in [0.1, 0.15) is 0 Å². The Bertz CT molecular complexity index is 315. The van der Waals surface area contributed by atoms with E-state index in [1.807, 2.05) is 0 Å². The number of benzene rings is 1. The molecule has 0 saturated carbocycles. The van der Waals surface area contributed by atoms with Crippen molar-refractivity contribution in [3.63, 3.8) is 0 Å². The number of alkyl halides is 3. The van der Waals surface area contributed by atoms with Crippen molar-refractivity contribution in [2.45, 2.75) is 6.18 Å². The van der Waals surface area contributed by atoms with Crippen molar-refractivity contribution in [3.8, 4) is 0 Å². The highest BCUT2D eigenvalue weighted by Gasteiger charge is 2.30. The topological polar surface area (TPSA) is 47.6 Å². The van der Waals surface area contributed by atoms with Crippen molar-refractivity contribution in [1.82, 2.24) is 0 Å². The normalized spacial score (nSPS) is 10.2. The lowest BCUT2D eigenvalue weighted by Crippen LogP contribution is -2.04. The Morgan fingerprint density at radius 2 is 1.29 bits per heavy atom. The molecule has 0 heterocycles. The van der Waals surface area contributed by atoms with Crippen LogP contribution in [-0.2, 0) is 6.18 Å². The smallest absolute Gasteiger partial charge is 0.166 e. The molecule has 0 aromatic heterocycles. The third kappa shape index (κ3) is 3.81. The summed E-state index contributed by atoms with van der Waals surface area (Å²) in [6, 6.07) is 2.90. The number of hydrogen-bond acceptors (Lipinski definition) is 2. The summed E-state index contributed by atoms with van der Waals surface area (Å²) in [4.78, 5) is 0. The van der Waals surface area contributed by atoms with E-state index in [1.165, 1.54) is 6.07 Å². The molecule has 0 saturated heterocycles. The molecule has 2 nitrogen and oxygen atoms in total. The van der Waals surface area contributed by atoms with Crippen molar-refractivity contribution < 1.29 is 13.2 Å². The highest BCUT2D eigenvalue weighted by molar-refractivity contribution is 6.34. The van der Waals surface area contributed by atoms with Gasteiger partial charge in [-0.3, -0.25) is 0 Å². The number of hydrogen-bond donors (Lipinski definition) is 0. The van der Waals surface area contributed by atoms with Crippen LogP contribution in [-0.4, -0.2) is 0 Å². The summed E-state index contributed by atoms with van der Waals surface area (Å²) >= 11 is 10.7. The second-order valence-electron chi connectivity index (χ2n) is 2.16. The number of rotatable bonds is 0. The van der Waals surface area contributed by atoms with Crippen molar-refractivity contribution in [2.75, 3.05) is 0 Å². The standard InChI is InChI=1S/C7H3Cl2F3.N2/c8-5-1-4(7(10,11)12)2-6(9)3-5;1-2/h1-3H;. The van der Waals surface area contributed by atoms with Crippen LogP contribution in [0.3, 0.4) is 0 Å². The second-order valence-corrected chi connectivity index (χ2v) is 3.03. The highest BCUT2D eigenvalue weighted by atomic mass is 35.5. The van der Waals surface area contributed by atoms with Crippen molar-refractivity contribution in [2.24, 2.45) is 0 Å². The summed E-state index contributed by atoms with van der Waals surface area (Å²) in [6.07, 6.45) is -4.39. The molecule has 1 aromatic carbocycles. The van der Waals surface area contributed by atoms with Gasteiger partial charge in [0.2, 0.25) is 0 Å². The number of halogens is 5. The predicted octanol–water partition coefficient (Wildman–Crippen LogP) is 4.04. The average Bonchev–Trinajstić information content (AvgIpc) is 2.04.